The molecule has 31 heavy (non-hydrogen) atoms. The first-order chi connectivity index (χ1) is 14.7. The van der Waals surface area contributed by atoms with Crippen LogP contribution in [-0.4, -0.2) is 25.2 Å². The summed E-state index contributed by atoms with van der Waals surface area (Å²) >= 11 is 1.57. The number of hydrogen-bond donors (Lipinski definition) is 1. The third-order valence-electron chi connectivity index (χ3n) is 4.64. The van der Waals surface area contributed by atoms with Crippen LogP contribution in [0.1, 0.15) is 31.1 Å². The fraction of sp³-hybridized carbons (Fsp3) is 0.167. The van der Waals surface area contributed by atoms with Gasteiger partial charge in [-0.3, -0.25) is 9.78 Å². The van der Waals surface area contributed by atoms with Crippen LogP contribution in [0.3, 0.4) is 0 Å². The molecule has 5 nitrogen and oxygen atoms in total. The van der Waals surface area contributed by atoms with Crippen molar-refractivity contribution in [3.63, 3.8) is 0 Å². The Hall–Kier alpha value is -2.87. The zero-order chi connectivity index (χ0) is 22.2. The Labute approximate surface area is 185 Å². The van der Waals surface area contributed by atoms with Crippen LogP contribution in [0.15, 0.2) is 71.8 Å². The van der Waals surface area contributed by atoms with Gasteiger partial charge in [0, 0.05) is 38.0 Å². The molecule has 0 fully saturated rings. The van der Waals surface area contributed by atoms with Crippen molar-refractivity contribution in [3.05, 3.63) is 72.4 Å². The van der Waals surface area contributed by atoms with Crippen LogP contribution in [0.25, 0.3) is 31.8 Å². The van der Waals surface area contributed by atoms with Crippen molar-refractivity contribution >= 4 is 38.5 Å². The first-order valence-corrected chi connectivity index (χ1v) is 12.0. The van der Waals surface area contributed by atoms with E-state index in [1.807, 2.05) is 57.2 Å². The van der Waals surface area contributed by atoms with Gasteiger partial charge in [-0.15, -0.1) is 11.3 Å². The lowest BCUT2D eigenvalue weighted by atomic mass is 10.1. The quantitative estimate of drug-likeness (QED) is 0.406. The van der Waals surface area contributed by atoms with E-state index in [9.17, 15) is 13.2 Å². The van der Waals surface area contributed by atoms with Crippen LogP contribution < -0.4 is 4.72 Å². The minimum atomic E-state index is -3.62. The molecule has 7 heteroatoms. The maximum absolute atomic E-state index is 12.7. The number of carbonyl (C=O) groups is 1. The molecule has 2 aromatic heterocycles. The molecule has 0 atom stereocenters. The summed E-state index contributed by atoms with van der Waals surface area (Å²) in [6.45, 7) is 5.44. The van der Waals surface area contributed by atoms with Gasteiger partial charge in [-0.05, 0) is 74.9 Å². The van der Waals surface area contributed by atoms with Gasteiger partial charge in [0.05, 0.1) is 10.4 Å². The van der Waals surface area contributed by atoms with E-state index in [0.29, 0.717) is 5.56 Å². The van der Waals surface area contributed by atoms with Crippen LogP contribution >= 0.6 is 11.3 Å². The summed E-state index contributed by atoms with van der Waals surface area (Å²) in [6, 6.07) is 18.3. The van der Waals surface area contributed by atoms with Gasteiger partial charge in [0.1, 0.15) is 6.29 Å². The monoisotopic (exact) mass is 450 g/mol. The van der Waals surface area contributed by atoms with E-state index in [-0.39, 0.29) is 4.90 Å². The summed E-state index contributed by atoms with van der Waals surface area (Å²) in [6.07, 6.45) is 2.58. The first-order valence-electron chi connectivity index (χ1n) is 9.75. The molecule has 4 rings (SSSR count). The molecule has 0 saturated carbocycles. The molecule has 0 saturated heterocycles. The van der Waals surface area contributed by atoms with Crippen molar-refractivity contribution < 1.29 is 13.2 Å². The molecule has 0 spiro atoms. The van der Waals surface area contributed by atoms with Gasteiger partial charge < -0.3 is 0 Å². The number of fused-ring (bicyclic) bond motifs is 1. The molecule has 4 aromatic rings. The Morgan fingerprint density at radius 2 is 1.74 bits per heavy atom. The Morgan fingerprint density at radius 1 is 0.968 bits per heavy atom. The molecule has 0 radical (unpaired) electrons. The number of benzene rings is 2. The largest absolute Gasteiger partial charge is 0.298 e. The number of carbonyl (C=O) groups excluding carboxylic acids is 1. The standard InChI is InChI=1S/C24H22N2O3S2/c1-24(2,3)26-31(28,29)18-6-4-5-17(14-18)22-9-10-23(30-22)19-11-12-25-21-8-7-16(15-27)13-20(19)21/h4-15,26H,1-3H3. The second-order valence-corrected chi connectivity index (χ2v) is 11.1. The maximum atomic E-state index is 12.7. The molecule has 1 N–H and O–H groups in total. The minimum Gasteiger partial charge on any atom is -0.298 e. The molecule has 0 aliphatic carbocycles. The predicted octanol–water partition coefficient (Wildman–Crippen LogP) is 5.52. The number of pyridine rings is 1. The van der Waals surface area contributed by atoms with Crippen molar-refractivity contribution in [1.29, 1.82) is 0 Å². The van der Waals surface area contributed by atoms with E-state index in [4.69, 9.17) is 0 Å². The Bertz CT molecular complexity index is 1380. The van der Waals surface area contributed by atoms with Crippen molar-refractivity contribution in [2.75, 3.05) is 0 Å². The Morgan fingerprint density at radius 3 is 2.48 bits per heavy atom. The van der Waals surface area contributed by atoms with Crippen LogP contribution in [0.4, 0.5) is 0 Å². The van der Waals surface area contributed by atoms with Crippen LogP contribution in [0.5, 0.6) is 0 Å². The number of thiophene rings is 1. The third-order valence-corrected chi connectivity index (χ3v) is 7.57. The SMILES string of the molecule is CC(C)(C)NS(=O)(=O)c1cccc(-c2ccc(-c3ccnc4ccc(C=O)cc34)s2)c1. The van der Waals surface area contributed by atoms with Crippen LogP contribution in [0, 0.1) is 0 Å². The van der Waals surface area contributed by atoms with Gasteiger partial charge in [0.25, 0.3) is 0 Å². The molecule has 2 heterocycles. The number of nitrogens with one attached hydrogen (secondary N) is 1. The highest BCUT2D eigenvalue weighted by molar-refractivity contribution is 7.89. The lowest BCUT2D eigenvalue weighted by Crippen LogP contribution is -2.40. The number of sulfonamides is 1. The van der Waals surface area contributed by atoms with E-state index in [0.717, 1.165) is 38.1 Å². The van der Waals surface area contributed by atoms with Crippen LogP contribution in [-0.2, 0) is 10.0 Å². The topological polar surface area (TPSA) is 76.1 Å². The summed E-state index contributed by atoms with van der Waals surface area (Å²) < 4.78 is 28.1. The molecular formula is C24H22N2O3S2. The van der Waals surface area contributed by atoms with E-state index < -0.39 is 15.6 Å². The van der Waals surface area contributed by atoms with Crippen molar-refractivity contribution in [2.45, 2.75) is 31.2 Å². The van der Waals surface area contributed by atoms with Gasteiger partial charge in [-0.1, -0.05) is 12.1 Å². The summed E-state index contributed by atoms with van der Waals surface area (Å²) in [5.74, 6) is 0. The highest BCUT2D eigenvalue weighted by atomic mass is 32.2. The highest BCUT2D eigenvalue weighted by Gasteiger charge is 2.22. The zero-order valence-electron chi connectivity index (χ0n) is 17.4. The average molecular weight is 451 g/mol. The summed E-state index contributed by atoms with van der Waals surface area (Å²) in [4.78, 5) is 17.8. The molecule has 0 amide bonds. The van der Waals surface area contributed by atoms with E-state index >= 15 is 0 Å². The fourth-order valence-corrected chi connectivity index (χ4v) is 5.87. The summed E-state index contributed by atoms with van der Waals surface area (Å²) in [5.41, 5.74) is 2.68. The number of nitrogens with zero attached hydrogens (tertiary/aromatic N) is 1. The third kappa shape index (κ3) is 4.58. The predicted molar refractivity (Wildman–Crippen MR) is 126 cm³/mol. The molecule has 0 unspecified atom stereocenters. The molecular weight excluding hydrogens is 428 g/mol. The molecule has 158 valence electrons. The lowest BCUT2D eigenvalue weighted by molar-refractivity contribution is 0.112. The minimum absolute atomic E-state index is 0.236. The molecule has 2 aromatic carbocycles. The van der Waals surface area contributed by atoms with E-state index in [1.165, 1.54) is 0 Å². The molecule has 0 aliphatic heterocycles. The molecule has 0 bridgehead atoms. The second kappa shape index (κ2) is 8.00. The first kappa shape index (κ1) is 21.4. The van der Waals surface area contributed by atoms with Gasteiger partial charge in [-0.25, -0.2) is 13.1 Å². The average Bonchev–Trinajstić information content (AvgIpc) is 3.21. The normalized spacial score (nSPS) is 12.2. The highest BCUT2D eigenvalue weighted by Crippen LogP contribution is 2.38. The van der Waals surface area contributed by atoms with E-state index in [1.54, 1.807) is 41.8 Å². The number of aromatic nitrogens is 1. The number of hydrogen-bond acceptors (Lipinski definition) is 5. The van der Waals surface area contributed by atoms with Crippen LogP contribution in [0.2, 0.25) is 0 Å². The van der Waals surface area contributed by atoms with E-state index in [2.05, 4.69) is 9.71 Å². The van der Waals surface area contributed by atoms with Gasteiger partial charge in [-0.2, -0.15) is 0 Å². The number of rotatable bonds is 5. The molecule has 0 aliphatic rings. The second-order valence-electron chi connectivity index (χ2n) is 8.30. The van der Waals surface area contributed by atoms with Crippen molar-refractivity contribution in [1.82, 2.24) is 9.71 Å². The van der Waals surface area contributed by atoms with Gasteiger partial charge >= 0.3 is 0 Å². The summed E-state index contributed by atoms with van der Waals surface area (Å²) in [5, 5.41) is 0.909. The maximum Gasteiger partial charge on any atom is 0.241 e. The number of aldehydes is 1. The van der Waals surface area contributed by atoms with Gasteiger partial charge in [0.2, 0.25) is 10.0 Å². The van der Waals surface area contributed by atoms with Gasteiger partial charge in [0.15, 0.2) is 0 Å². The summed E-state index contributed by atoms with van der Waals surface area (Å²) in [7, 11) is -3.62. The van der Waals surface area contributed by atoms with Crippen molar-refractivity contribution in [2.24, 2.45) is 0 Å². The smallest absolute Gasteiger partial charge is 0.241 e. The zero-order valence-corrected chi connectivity index (χ0v) is 19.0. The Kier molecular flexibility index (Phi) is 5.51. The Balaban J connectivity index is 1.74. The lowest BCUT2D eigenvalue weighted by Gasteiger charge is -2.20. The van der Waals surface area contributed by atoms with Crippen molar-refractivity contribution in [3.8, 4) is 20.9 Å². The fourth-order valence-electron chi connectivity index (χ4n) is 3.37.